The van der Waals surface area contributed by atoms with Gasteiger partial charge in [-0.1, -0.05) is 6.07 Å². The average Bonchev–Trinajstić information content (AvgIpc) is 3.69. The molecule has 3 heterocycles. The fourth-order valence-corrected chi connectivity index (χ4v) is 3.85. The second-order valence-electron chi connectivity index (χ2n) is 8.44. The van der Waals surface area contributed by atoms with Crippen LogP contribution in [0.5, 0.6) is 0 Å². The van der Waals surface area contributed by atoms with Crippen LogP contribution in [0.25, 0.3) is 0 Å². The van der Waals surface area contributed by atoms with Crippen molar-refractivity contribution >= 4 is 17.5 Å². The quantitative estimate of drug-likeness (QED) is 0.400. The number of anilines is 2. The Morgan fingerprint density at radius 2 is 1.97 bits per heavy atom. The first-order valence-electron chi connectivity index (χ1n) is 11.0. The van der Waals surface area contributed by atoms with E-state index < -0.39 is 29.2 Å². The number of hydrogen-bond acceptors (Lipinski definition) is 9. The van der Waals surface area contributed by atoms with Gasteiger partial charge in [-0.25, -0.2) is 9.97 Å². The number of nitrogens with one attached hydrogen (secondary N) is 3. The van der Waals surface area contributed by atoms with Crippen LogP contribution in [-0.4, -0.2) is 37.7 Å². The van der Waals surface area contributed by atoms with Crippen LogP contribution in [-0.2, 0) is 6.18 Å². The Morgan fingerprint density at radius 1 is 1.28 bits per heavy atom. The second kappa shape index (κ2) is 9.73. The smallest absolute Gasteiger partial charge is 0.363 e. The normalized spacial score (nSPS) is 15.0. The fraction of sp³-hybridized carbons (Fsp3) is 0.348. The Morgan fingerprint density at radius 3 is 2.53 bits per heavy atom. The highest BCUT2D eigenvalue weighted by molar-refractivity contribution is 6.12. The van der Waals surface area contributed by atoms with Crippen molar-refractivity contribution in [3.8, 4) is 6.07 Å². The maximum Gasteiger partial charge on any atom is 0.433 e. The third kappa shape index (κ3) is 5.17. The maximum atomic E-state index is 13.0. The molecule has 1 aliphatic carbocycles. The van der Waals surface area contributed by atoms with Crippen LogP contribution >= 0.6 is 0 Å². The van der Waals surface area contributed by atoms with Gasteiger partial charge in [0, 0.05) is 25.6 Å². The van der Waals surface area contributed by atoms with Gasteiger partial charge in [-0.05, 0) is 43.4 Å². The van der Waals surface area contributed by atoms with E-state index in [9.17, 15) is 23.2 Å². The lowest BCUT2D eigenvalue weighted by Crippen LogP contribution is -2.32. The van der Waals surface area contributed by atoms with E-state index in [-0.39, 0.29) is 29.3 Å². The van der Waals surface area contributed by atoms with Crippen LogP contribution in [0.1, 0.15) is 54.5 Å². The van der Waals surface area contributed by atoms with E-state index in [0.717, 1.165) is 25.1 Å². The molecule has 36 heavy (non-hydrogen) atoms. The van der Waals surface area contributed by atoms with Gasteiger partial charge in [0.15, 0.2) is 5.82 Å². The van der Waals surface area contributed by atoms with Crippen molar-refractivity contribution in [2.24, 2.45) is 5.92 Å². The summed E-state index contributed by atoms with van der Waals surface area (Å²) >= 11 is 0. The highest BCUT2D eigenvalue weighted by atomic mass is 19.4. The van der Waals surface area contributed by atoms with Crippen molar-refractivity contribution in [3.05, 3.63) is 69.8 Å². The van der Waals surface area contributed by atoms with E-state index in [0.29, 0.717) is 11.4 Å². The number of rotatable bonds is 8. The number of pyridine rings is 1. The molecule has 13 heteroatoms. The molecule has 0 saturated heterocycles. The fourth-order valence-electron chi connectivity index (χ4n) is 3.85. The SMILES string of the molecule is CC(Nc1nc(N(C)C(c2ncccn2)C2CC2)[nH]c(=O)c1C(=N)C#N)c1ccc(C(F)(F)F)nc1. The molecular weight excluding hydrogens is 475 g/mol. The van der Waals surface area contributed by atoms with Crippen LogP contribution in [0.4, 0.5) is 24.9 Å². The summed E-state index contributed by atoms with van der Waals surface area (Å²) in [5.74, 6) is 0.938. The van der Waals surface area contributed by atoms with Crippen LogP contribution in [0.15, 0.2) is 41.6 Å². The van der Waals surface area contributed by atoms with Gasteiger partial charge in [0.05, 0.1) is 12.1 Å². The molecule has 0 aromatic carbocycles. The summed E-state index contributed by atoms with van der Waals surface area (Å²) in [7, 11) is 1.74. The molecule has 1 saturated carbocycles. The van der Waals surface area contributed by atoms with E-state index in [1.807, 2.05) is 0 Å². The van der Waals surface area contributed by atoms with Gasteiger partial charge < -0.3 is 10.2 Å². The minimum absolute atomic E-state index is 0.0527. The molecule has 0 radical (unpaired) electrons. The van der Waals surface area contributed by atoms with Gasteiger partial charge in [-0.3, -0.25) is 20.2 Å². The van der Waals surface area contributed by atoms with Gasteiger partial charge in [0.2, 0.25) is 5.95 Å². The maximum absolute atomic E-state index is 13.0. The molecule has 3 aromatic rings. The van der Waals surface area contributed by atoms with E-state index in [4.69, 9.17) is 5.41 Å². The molecule has 186 valence electrons. The summed E-state index contributed by atoms with van der Waals surface area (Å²) < 4.78 is 38.6. The zero-order valence-electron chi connectivity index (χ0n) is 19.3. The van der Waals surface area contributed by atoms with Crippen molar-refractivity contribution in [1.29, 1.82) is 10.7 Å². The van der Waals surface area contributed by atoms with Gasteiger partial charge in [-0.15, -0.1) is 0 Å². The zero-order valence-corrected chi connectivity index (χ0v) is 19.3. The van der Waals surface area contributed by atoms with Crippen molar-refractivity contribution in [1.82, 2.24) is 24.9 Å². The van der Waals surface area contributed by atoms with E-state index >= 15 is 0 Å². The zero-order chi connectivity index (χ0) is 26.0. The third-order valence-corrected chi connectivity index (χ3v) is 5.87. The molecule has 0 spiro atoms. The summed E-state index contributed by atoms with van der Waals surface area (Å²) in [6.45, 7) is 1.64. The number of alkyl halides is 3. The van der Waals surface area contributed by atoms with Gasteiger partial charge >= 0.3 is 6.18 Å². The molecule has 4 rings (SSSR count). The van der Waals surface area contributed by atoms with Crippen LogP contribution < -0.4 is 15.8 Å². The summed E-state index contributed by atoms with van der Waals surface area (Å²) in [5.41, 5.74) is -2.23. The molecule has 3 N–H and O–H groups in total. The predicted octanol–water partition coefficient (Wildman–Crippen LogP) is 3.63. The van der Waals surface area contributed by atoms with Crippen molar-refractivity contribution < 1.29 is 13.2 Å². The largest absolute Gasteiger partial charge is 0.433 e. The first-order valence-corrected chi connectivity index (χ1v) is 11.0. The Bertz CT molecular complexity index is 1350. The molecular formula is C23H22F3N9O. The summed E-state index contributed by atoms with van der Waals surface area (Å²) in [4.78, 5) is 34.0. The molecule has 1 aliphatic rings. The van der Waals surface area contributed by atoms with E-state index in [1.165, 1.54) is 6.07 Å². The molecule has 2 atom stereocenters. The molecule has 2 unspecified atom stereocenters. The van der Waals surface area contributed by atoms with Crippen molar-refractivity contribution in [2.45, 2.75) is 38.0 Å². The average molecular weight is 497 g/mol. The Hall–Kier alpha value is -4.34. The molecule has 10 nitrogen and oxygen atoms in total. The van der Waals surface area contributed by atoms with Crippen LogP contribution in [0.2, 0.25) is 0 Å². The lowest BCUT2D eigenvalue weighted by Gasteiger charge is -2.28. The number of aromatic nitrogens is 5. The van der Waals surface area contributed by atoms with Crippen molar-refractivity contribution in [3.63, 3.8) is 0 Å². The molecule has 0 amide bonds. The number of hydrogen-bond donors (Lipinski definition) is 3. The van der Waals surface area contributed by atoms with Crippen LogP contribution in [0.3, 0.4) is 0 Å². The Balaban J connectivity index is 1.70. The van der Waals surface area contributed by atoms with E-state index in [1.54, 1.807) is 43.4 Å². The first kappa shape index (κ1) is 24.8. The monoisotopic (exact) mass is 497 g/mol. The first-order chi connectivity index (χ1) is 17.1. The lowest BCUT2D eigenvalue weighted by atomic mass is 10.1. The lowest BCUT2D eigenvalue weighted by molar-refractivity contribution is -0.141. The van der Waals surface area contributed by atoms with Crippen LogP contribution in [0, 0.1) is 22.7 Å². The number of nitriles is 1. The molecule has 0 bridgehead atoms. The molecule has 1 fully saturated rings. The minimum atomic E-state index is -4.57. The highest BCUT2D eigenvalue weighted by Crippen LogP contribution is 2.43. The summed E-state index contributed by atoms with van der Waals surface area (Å²) in [6.07, 6.45) is 1.68. The number of H-pyrrole nitrogens is 1. The topological polar surface area (TPSA) is 147 Å². The minimum Gasteiger partial charge on any atom is -0.363 e. The Kier molecular flexibility index (Phi) is 6.69. The Labute approximate surface area is 203 Å². The third-order valence-electron chi connectivity index (χ3n) is 5.87. The summed E-state index contributed by atoms with van der Waals surface area (Å²) in [6, 6.07) is 4.55. The van der Waals surface area contributed by atoms with Gasteiger partial charge in [-0.2, -0.15) is 23.4 Å². The molecule has 0 aliphatic heterocycles. The highest BCUT2D eigenvalue weighted by Gasteiger charge is 2.38. The number of halogens is 3. The number of nitrogens with zero attached hydrogens (tertiary/aromatic N) is 6. The second-order valence-corrected chi connectivity index (χ2v) is 8.44. The van der Waals surface area contributed by atoms with Gasteiger partial charge in [0.1, 0.15) is 28.9 Å². The molecule has 3 aromatic heterocycles. The van der Waals surface area contributed by atoms with Gasteiger partial charge in [0.25, 0.3) is 5.56 Å². The van der Waals surface area contributed by atoms with Crippen molar-refractivity contribution in [2.75, 3.05) is 17.3 Å². The van der Waals surface area contributed by atoms with E-state index in [2.05, 4.69) is 30.2 Å². The summed E-state index contributed by atoms with van der Waals surface area (Å²) in [5, 5.41) is 20.2. The predicted molar refractivity (Wildman–Crippen MR) is 124 cm³/mol. The number of aromatic amines is 1. The standard InChI is InChI=1S/C23H22F3N9O/c1-12(14-6-7-16(31-11-14)23(24,25)26)32-19-17(15(28)10-27)21(36)34-22(33-19)35(2)18(13-4-5-13)20-29-8-3-9-30-20/h3,6-9,11-13,18,28H,4-5H2,1-2H3,(H2,32,33,34,36).